The van der Waals surface area contributed by atoms with Crippen molar-refractivity contribution in [2.45, 2.75) is 10.6 Å². The molecule has 2 N–H and O–H groups in total. The Morgan fingerprint density at radius 3 is 2.61 bits per heavy atom. The Labute approximate surface area is 122 Å². The van der Waals surface area contributed by atoms with E-state index in [2.05, 4.69) is 15.9 Å². The highest BCUT2D eigenvalue weighted by Crippen LogP contribution is 2.26. The molecule has 94 valence electrons. The molecule has 18 heavy (non-hydrogen) atoms. The van der Waals surface area contributed by atoms with Crippen LogP contribution in [0.5, 0.6) is 0 Å². The molecular weight excluding hydrogens is 334 g/mol. The lowest BCUT2D eigenvalue weighted by atomic mass is 10.2. The molecule has 0 bridgehead atoms. The number of hydrogen-bond acceptors (Lipinski definition) is 2. The van der Waals surface area contributed by atoms with Crippen LogP contribution in [0.15, 0.2) is 51.8 Å². The van der Waals surface area contributed by atoms with Gasteiger partial charge >= 0.3 is 0 Å². The molecule has 0 saturated carbocycles. The second kappa shape index (κ2) is 5.87. The van der Waals surface area contributed by atoms with Crippen LogP contribution in [0.1, 0.15) is 5.56 Å². The third-order valence-electron chi connectivity index (χ3n) is 2.49. The molecule has 0 spiro atoms. The van der Waals surface area contributed by atoms with Crippen LogP contribution in [0.3, 0.4) is 0 Å². The standard InChI is InChI=1S/C13H11BrClNOS/c14-12-5-2-6-13(16)11(12)8-18(17)10-4-1-3-9(15)7-10/h1-7H,8,16H2. The Bertz CT molecular complexity index is 583. The van der Waals surface area contributed by atoms with Gasteiger partial charge in [-0.2, -0.15) is 0 Å². The number of nitrogens with two attached hydrogens (primary N) is 1. The molecule has 0 aliphatic heterocycles. The van der Waals surface area contributed by atoms with Crippen LogP contribution in [-0.2, 0) is 16.6 Å². The summed E-state index contributed by atoms with van der Waals surface area (Å²) in [6.45, 7) is 0. The average Bonchev–Trinajstić information content (AvgIpc) is 2.34. The highest BCUT2D eigenvalue weighted by molar-refractivity contribution is 9.10. The van der Waals surface area contributed by atoms with E-state index in [1.807, 2.05) is 12.1 Å². The summed E-state index contributed by atoms with van der Waals surface area (Å²) in [6.07, 6.45) is 0. The summed E-state index contributed by atoms with van der Waals surface area (Å²) < 4.78 is 13.1. The van der Waals surface area contributed by atoms with Crippen molar-refractivity contribution < 1.29 is 4.21 Å². The molecule has 2 aromatic carbocycles. The van der Waals surface area contributed by atoms with Gasteiger partial charge in [-0.3, -0.25) is 4.21 Å². The van der Waals surface area contributed by atoms with Gasteiger partial charge in [0.05, 0.1) is 16.6 Å². The first-order valence-electron chi connectivity index (χ1n) is 5.25. The Hall–Kier alpha value is -0.840. The number of hydrogen-bond donors (Lipinski definition) is 1. The van der Waals surface area contributed by atoms with E-state index in [0.29, 0.717) is 21.4 Å². The molecule has 0 aliphatic carbocycles. The third-order valence-corrected chi connectivity index (χ3v) is 4.80. The van der Waals surface area contributed by atoms with Crippen LogP contribution >= 0.6 is 27.5 Å². The second-order valence-corrected chi connectivity index (χ2v) is 6.50. The third kappa shape index (κ3) is 3.13. The first kappa shape index (κ1) is 13.6. The van der Waals surface area contributed by atoms with Crippen molar-refractivity contribution in [1.82, 2.24) is 0 Å². The maximum Gasteiger partial charge on any atom is 0.0575 e. The number of benzene rings is 2. The normalized spacial score (nSPS) is 12.3. The topological polar surface area (TPSA) is 43.1 Å². The van der Waals surface area contributed by atoms with Gasteiger partial charge in [0.2, 0.25) is 0 Å². The Morgan fingerprint density at radius 2 is 1.94 bits per heavy atom. The quantitative estimate of drug-likeness (QED) is 0.855. The summed E-state index contributed by atoms with van der Waals surface area (Å²) >= 11 is 9.31. The molecular formula is C13H11BrClNOS. The number of halogens is 2. The molecule has 0 heterocycles. The molecule has 0 aromatic heterocycles. The molecule has 1 atom stereocenters. The van der Waals surface area contributed by atoms with Gasteiger partial charge in [0.25, 0.3) is 0 Å². The van der Waals surface area contributed by atoms with Crippen molar-refractivity contribution in [3.8, 4) is 0 Å². The van der Waals surface area contributed by atoms with E-state index in [9.17, 15) is 4.21 Å². The minimum atomic E-state index is -1.16. The summed E-state index contributed by atoms with van der Waals surface area (Å²) in [7, 11) is -1.16. The Kier molecular flexibility index (Phi) is 4.43. The minimum absolute atomic E-state index is 0.369. The van der Waals surface area contributed by atoms with E-state index >= 15 is 0 Å². The largest absolute Gasteiger partial charge is 0.398 e. The van der Waals surface area contributed by atoms with E-state index < -0.39 is 10.8 Å². The van der Waals surface area contributed by atoms with Crippen molar-refractivity contribution in [3.05, 3.63) is 57.5 Å². The van der Waals surface area contributed by atoms with E-state index in [0.717, 1.165) is 10.0 Å². The zero-order valence-electron chi connectivity index (χ0n) is 9.40. The summed E-state index contributed by atoms with van der Waals surface area (Å²) in [5.41, 5.74) is 7.38. The highest BCUT2D eigenvalue weighted by atomic mass is 79.9. The van der Waals surface area contributed by atoms with Crippen molar-refractivity contribution in [2.24, 2.45) is 0 Å². The maximum absolute atomic E-state index is 12.2. The summed E-state index contributed by atoms with van der Waals surface area (Å²) in [5, 5.41) is 0.584. The monoisotopic (exact) mass is 343 g/mol. The smallest absolute Gasteiger partial charge is 0.0575 e. The molecule has 0 fully saturated rings. The van der Waals surface area contributed by atoms with Gasteiger partial charge < -0.3 is 5.73 Å². The van der Waals surface area contributed by atoms with Crippen LogP contribution < -0.4 is 5.73 Å². The number of anilines is 1. The summed E-state index contributed by atoms with van der Waals surface area (Å²) in [5.74, 6) is 0.369. The van der Waals surface area contributed by atoms with Gasteiger partial charge in [0, 0.05) is 25.6 Å². The number of nitrogen functional groups attached to an aromatic ring is 1. The molecule has 2 nitrogen and oxygen atoms in total. The van der Waals surface area contributed by atoms with Gasteiger partial charge in [0.15, 0.2) is 0 Å². The second-order valence-electron chi connectivity index (χ2n) is 3.75. The van der Waals surface area contributed by atoms with Crippen LogP contribution in [-0.4, -0.2) is 4.21 Å². The van der Waals surface area contributed by atoms with Gasteiger partial charge in [-0.25, -0.2) is 0 Å². The lowest BCUT2D eigenvalue weighted by molar-refractivity contribution is 0.682. The molecule has 2 aromatic rings. The Morgan fingerprint density at radius 1 is 1.22 bits per heavy atom. The van der Waals surface area contributed by atoms with Gasteiger partial charge in [-0.15, -0.1) is 0 Å². The van der Waals surface area contributed by atoms with Crippen LogP contribution in [0.4, 0.5) is 5.69 Å². The number of rotatable bonds is 3. The molecule has 1 unspecified atom stereocenters. The fourth-order valence-electron chi connectivity index (χ4n) is 1.55. The highest BCUT2D eigenvalue weighted by Gasteiger charge is 2.10. The van der Waals surface area contributed by atoms with Crippen LogP contribution in [0.25, 0.3) is 0 Å². The predicted octanol–water partition coefficient (Wildman–Crippen LogP) is 3.99. The Balaban J connectivity index is 2.27. The van der Waals surface area contributed by atoms with Crippen LogP contribution in [0.2, 0.25) is 5.02 Å². The van der Waals surface area contributed by atoms with Crippen molar-refractivity contribution >= 4 is 44.0 Å². The van der Waals surface area contributed by atoms with Crippen LogP contribution in [0, 0.1) is 0 Å². The molecule has 5 heteroatoms. The van der Waals surface area contributed by atoms with E-state index in [1.54, 1.807) is 30.3 Å². The molecule has 0 saturated heterocycles. The molecule has 0 aliphatic rings. The van der Waals surface area contributed by atoms with Gasteiger partial charge in [0.1, 0.15) is 0 Å². The van der Waals surface area contributed by atoms with Gasteiger partial charge in [-0.1, -0.05) is 39.7 Å². The minimum Gasteiger partial charge on any atom is -0.398 e. The zero-order chi connectivity index (χ0) is 13.1. The molecule has 2 rings (SSSR count). The fourth-order valence-corrected chi connectivity index (χ4v) is 3.75. The van der Waals surface area contributed by atoms with Crippen molar-refractivity contribution in [1.29, 1.82) is 0 Å². The molecule has 0 amide bonds. The summed E-state index contributed by atoms with van der Waals surface area (Å²) in [4.78, 5) is 0.706. The molecule has 0 radical (unpaired) electrons. The maximum atomic E-state index is 12.2. The average molecular weight is 345 g/mol. The lowest BCUT2D eigenvalue weighted by Crippen LogP contribution is -2.01. The lowest BCUT2D eigenvalue weighted by Gasteiger charge is -2.08. The van der Waals surface area contributed by atoms with E-state index in [1.165, 1.54) is 0 Å². The van der Waals surface area contributed by atoms with Crippen molar-refractivity contribution in [2.75, 3.05) is 5.73 Å². The van der Waals surface area contributed by atoms with Gasteiger partial charge in [-0.05, 0) is 30.3 Å². The SMILES string of the molecule is Nc1cccc(Br)c1CS(=O)c1cccc(Cl)c1. The van der Waals surface area contributed by atoms with Crippen molar-refractivity contribution in [3.63, 3.8) is 0 Å². The van der Waals surface area contributed by atoms with E-state index in [-0.39, 0.29) is 0 Å². The fraction of sp³-hybridized carbons (Fsp3) is 0.0769. The zero-order valence-corrected chi connectivity index (χ0v) is 12.6. The summed E-state index contributed by atoms with van der Waals surface area (Å²) in [6, 6.07) is 12.6. The first-order valence-corrected chi connectivity index (χ1v) is 7.73. The van der Waals surface area contributed by atoms with E-state index in [4.69, 9.17) is 17.3 Å². The predicted molar refractivity (Wildman–Crippen MR) is 80.1 cm³/mol. The first-order chi connectivity index (χ1) is 8.58.